The van der Waals surface area contributed by atoms with Gasteiger partial charge in [-0.1, -0.05) is 0 Å². The molecule has 0 aromatic heterocycles. The number of nitrogens with zero attached hydrogens (tertiary/aromatic N) is 4. The van der Waals surface area contributed by atoms with Crippen molar-refractivity contribution in [3.63, 3.8) is 0 Å². The zero-order chi connectivity index (χ0) is 17.4. The van der Waals surface area contributed by atoms with E-state index >= 15 is 0 Å². The third-order valence-corrected chi connectivity index (χ3v) is 3.65. The molecule has 0 atom stereocenters. The maximum Gasteiger partial charge on any atom is 0.175 e. The average Bonchev–Trinajstić information content (AvgIpc) is 2.65. The summed E-state index contributed by atoms with van der Waals surface area (Å²) in [5.74, 6) is -0.0192. The smallest absolute Gasteiger partial charge is 0.175 e. The number of allylic oxidation sites excluding steroid dienone is 6. The summed E-state index contributed by atoms with van der Waals surface area (Å²) in [6.45, 7) is 1.73. The van der Waals surface area contributed by atoms with Gasteiger partial charge in [-0.05, 0) is 47.5 Å². The van der Waals surface area contributed by atoms with Gasteiger partial charge in [-0.25, -0.2) is 0 Å². The quantitative estimate of drug-likeness (QED) is 0.547. The second-order valence-electron chi connectivity index (χ2n) is 5.31. The molecule has 0 radical (unpaired) electrons. The van der Waals surface area contributed by atoms with Crippen LogP contribution in [0.2, 0.25) is 0 Å². The number of unbranched alkanes of at least 4 members (excludes halogenated alkanes) is 1. The summed E-state index contributed by atoms with van der Waals surface area (Å²) in [5.41, 5.74) is 12.2. The first kappa shape index (κ1) is 17.2. The molecule has 24 heavy (non-hydrogen) atoms. The predicted octanol–water partition coefficient (Wildman–Crippen LogP) is 2.33. The first-order chi connectivity index (χ1) is 11.6. The van der Waals surface area contributed by atoms with Crippen molar-refractivity contribution < 1.29 is 0 Å². The van der Waals surface area contributed by atoms with E-state index in [0.717, 1.165) is 25.9 Å². The van der Waals surface area contributed by atoms with Gasteiger partial charge in [0.05, 0.1) is 0 Å². The van der Waals surface area contributed by atoms with Crippen LogP contribution in [0.3, 0.4) is 0 Å². The van der Waals surface area contributed by atoms with Crippen LogP contribution in [-0.2, 0) is 0 Å². The van der Waals surface area contributed by atoms with Crippen molar-refractivity contribution in [2.75, 3.05) is 13.1 Å². The Kier molecular flexibility index (Phi) is 6.07. The number of rotatable bonds is 7. The van der Waals surface area contributed by atoms with Gasteiger partial charge in [-0.15, -0.1) is 9.81 Å². The number of hydrogen-bond donors (Lipinski definition) is 2. The zero-order valence-electron chi connectivity index (χ0n) is 13.2. The van der Waals surface area contributed by atoms with E-state index in [1.807, 2.05) is 34.6 Å². The highest BCUT2D eigenvalue weighted by Crippen LogP contribution is 2.14. The molecule has 0 fully saturated rings. The Bertz CT molecular complexity index is 582. The minimum atomic E-state index is -0.00958. The summed E-state index contributed by atoms with van der Waals surface area (Å²) in [6.07, 6.45) is 16.6. The Balaban J connectivity index is 1.70. The van der Waals surface area contributed by atoms with Crippen molar-refractivity contribution >= 4 is 0 Å². The molecule has 2 aliphatic rings. The van der Waals surface area contributed by atoms with Crippen molar-refractivity contribution in [1.29, 1.82) is 0 Å². The molecule has 0 bridgehead atoms. The molecular weight excluding hydrogens is 308 g/mol. The van der Waals surface area contributed by atoms with Crippen LogP contribution in [0.5, 0.6) is 0 Å². The first-order valence-electron chi connectivity index (χ1n) is 7.54. The molecule has 2 heterocycles. The summed E-state index contributed by atoms with van der Waals surface area (Å²) in [6, 6.07) is 0. The molecule has 2 aliphatic heterocycles. The summed E-state index contributed by atoms with van der Waals surface area (Å²) in [7, 11) is 0. The summed E-state index contributed by atoms with van der Waals surface area (Å²) >= 11 is 0. The highest BCUT2D eigenvalue weighted by molar-refractivity contribution is 5.37. The highest BCUT2D eigenvalue weighted by atomic mass is 16.3. The fraction of sp³-hybridized carbons (Fsp3) is 0.250. The van der Waals surface area contributed by atoms with Crippen LogP contribution in [0.1, 0.15) is 12.8 Å². The largest absolute Gasteiger partial charge is 0.380 e. The van der Waals surface area contributed by atoms with E-state index in [2.05, 4.69) is 10.4 Å². The van der Waals surface area contributed by atoms with Gasteiger partial charge in [0.15, 0.2) is 11.6 Å². The van der Waals surface area contributed by atoms with Crippen molar-refractivity contribution in [2.24, 2.45) is 21.8 Å². The highest BCUT2D eigenvalue weighted by Gasteiger charge is 2.06. The molecule has 4 N–H and O–H groups in total. The van der Waals surface area contributed by atoms with Crippen molar-refractivity contribution in [3.8, 4) is 0 Å². The Labute approximate surface area is 140 Å². The van der Waals surface area contributed by atoms with Crippen LogP contribution in [0, 0.1) is 9.81 Å². The molecule has 0 aliphatic carbocycles. The molecule has 2 rings (SSSR count). The third kappa shape index (κ3) is 4.67. The number of hydrogen-bond acceptors (Lipinski definition) is 8. The van der Waals surface area contributed by atoms with Crippen LogP contribution in [-0.4, -0.2) is 22.9 Å². The molecule has 126 valence electrons. The molecule has 0 amide bonds. The van der Waals surface area contributed by atoms with Crippen molar-refractivity contribution in [2.45, 2.75) is 12.8 Å². The van der Waals surface area contributed by atoms with Gasteiger partial charge in [0.25, 0.3) is 0 Å². The van der Waals surface area contributed by atoms with E-state index in [0.29, 0.717) is 11.1 Å². The van der Waals surface area contributed by atoms with Crippen molar-refractivity contribution in [3.05, 3.63) is 81.7 Å². The van der Waals surface area contributed by atoms with Crippen LogP contribution >= 0.6 is 0 Å². The standard InChI is InChI=1S/C16H20N6O2/c17-15(19-23)13-3-9-21(10-4-13)7-1-2-8-22-11-5-14(6-12-22)16(18)20-24/h3-6,9-12H,1-2,7-8,17-18H2. The van der Waals surface area contributed by atoms with Crippen LogP contribution in [0.15, 0.2) is 82.2 Å². The topological polar surface area (TPSA) is 117 Å². The Hall–Kier alpha value is -3.16. The van der Waals surface area contributed by atoms with Gasteiger partial charge >= 0.3 is 0 Å². The third-order valence-electron chi connectivity index (χ3n) is 3.65. The lowest BCUT2D eigenvalue weighted by atomic mass is 10.2. The minimum Gasteiger partial charge on any atom is -0.380 e. The predicted molar refractivity (Wildman–Crippen MR) is 93.2 cm³/mol. The van der Waals surface area contributed by atoms with Crippen molar-refractivity contribution in [1.82, 2.24) is 9.80 Å². The van der Waals surface area contributed by atoms with Gasteiger partial charge in [-0.3, -0.25) is 0 Å². The normalized spacial score (nSPS) is 15.8. The maximum atomic E-state index is 10.4. The fourth-order valence-electron chi connectivity index (χ4n) is 2.25. The van der Waals surface area contributed by atoms with Gasteiger partial charge in [0, 0.05) is 49.0 Å². The van der Waals surface area contributed by atoms with Crippen LogP contribution in [0.4, 0.5) is 0 Å². The lowest BCUT2D eigenvalue weighted by Gasteiger charge is -2.21. The Morgan fingerprint density at radius 1 is 0.750 bits per heavy atom. The van der Waals surface area contributed by atoms with E-state index in [1.165, 1.54) is 0 Å². The molecule has 0 aromatic rings. The lowest BCUT2D eigenvalue weighted by Crippen LogP contribution is -2.18. The van der Waals surface area contributed by atoms with Gasteiger partial charge in [0.2, 0.25) is 0 Å². The van der Waals surface area contributed by atoms with Crippen LogP contribution < -0.4 is 11.5 Å². The lowest BCUT2D eigenvalue weighted by molar-refractivity contribution is 0.428. The second kappa shape index (κ2) is 8.47. The maximum absolute atomic E-state index is 10.4. The molecule has 0 spiro atoms. The average molecular weight is 328 g/mol. The summed E-state index contributed by atoms with van der Waals surface area (Å²) in [4.78, 5) is 24.8. The Morgan fingerprint density at radius 3 is 1.38 bits per heavy atom. The molecule has 0 unspecified atom stereocenters. The van der Waals surface area contributed by atoms with Gasteiger partial charge in [-0.2, -0.15) is 0 Å². The SMILES string of the molecule is NC(N=O)=C1C=CN(CCCCN2C=CC(=C(N)N=O)C=C2)C=C1. The molecule has 8 heteroatoms. The van der Waals surface area contributed by atoms with Crippen LogP contribution in [0.25, 0.3) is 0 Å². The fourth-order valence-corrected chi connectivity index (χ4v) is 2.25. The minimum absolute atomic E-state index is 0.00958. The van der Waals surface area contributed by atoms with E-state index < -0.39 is 0 Å². The first-order valence-corrected chi connectivity index (χ1v) is 7.54. The van der Waals surface area contributed by atoms with E-state index in [-0.39, 0.29) is 11.6 Å². The number of nitroso groups, excluding NO2 is 2. The van der Waals surface area contributed by atoms with E-state index in [4.69, 9.17) is 11.5 Å². The summed E-state index contributed by atoms with van der Waals surface area (Å²) < 4.78 is 0. The molecule has 0 saturated carbocycles. The van der Waals surface area contributed by atoms with E-state index in [9.17, 15) is 9.81 Å². The molecule has 0 saturated heterocycles. The molecule has 0 aromatic carbocycles. The molecular formula is C16H20N6O2. The summed E-state index contributed by atoms with van der Waals surface area (Å²) in [5, 5.41) is 5.44. The van der Waals surface area contributed by atoms with Gasteiger partial charge in [0.1, 0.15) is 0 Å². The number of nitrogens with two attached hydrogens (primary N) is 2. The van der Waals surface area contributed by atoms with E-state index in [1.54, 1.807) is 24.3 Å². The van der Waals surface area contributed by atoms with Gasteiger partial charge < -0.3 is 21.3 Å². The molecule has 8 nitrogen and oxygen atoms in total. The second-order valence-corrected chi connectivity index (χ2v) is 5.31. The Morgan fingerprint density at radius 2 is 1.08 bits per heavy atom. The zero-order valence-corrected chi connectivity index (χ0v) is 13.2. The monoisotopic (exact) mass is 328 g/mol.